The molecule has 4 aromatic carbocycles. The van der Waals surface area contributed by atoms with Crippen LogP contribution in [0.4, 0.5) is 0 Å². The molecule has 160 valence electrons. The Morgan fingerprint density at radius 2 is 1.50 bits per heavy atom. The summed E-state index contributed by atoms with van der Waals surface area (Å²) in [6.07, 6.45) is 1.93. The van der Waals surface area contributed by atoms with Crippen LogP contribution in [0.3, 0.4) is 0 Å². The summed E-state index contributed by atoms with van der Waals surface area (Å²) in [5.74, 6) is 0. The van der Waals surface area contributed by atoms with E-state index in [1.165, 1.54) is 60.0 Å². The van der Waals surface area contributed by atoms with Gasteiger partial charge in [0.1, 0.15) is 11.2 Å². The third kappa shape index (κ3) is 2.19. The standard InChI is InChI=1S/C31H20N2O/c1-17-8-12-27-23(13-17)29-28(34-27)15-22-21-14-19(24-10-7-18(2)16-32-24)9-11-26(21)33-25-6-4-3-5-20(25)30(29)31(22)33/h3-16H,1-2H3. The van der Waals surface area contributed by atoms with Crippen molar-refractivity contribution in [3.05, 3.63) is 96.2 Å². The molecule has 0 N–H and O–H groups in total. The summed E-state index contributed by atoms with van der Waals surface area (Å²) in [6.45, 7) is 4.21. The first-order valence-electron chi connectivity index (χ1n) is 11.6. The van der Waals surface area contributed by atoms with Gasteiger partial charge in [-0.15, -0.1) is 0 Å². The molecule has 34 heavy (non-hydrogen) atoms. The van der Waals surface area contributed by atoms with Crippen LogP contribution in [0.2, 0.25) is 0 Å². The van der Waals surface area contributed by atoms with E-state index in [1.54, 1.807) is 0 Å². The maximum absolute atomic E-state index is 6.42. The number of fused-ring (bicyclic) bond motifs is 10. The minimum Gasteiger partial charge on any atom is -0.456 e. The lowest BCUT2D eigenvalue weighted by Gasteiger charge is -2.03. The quantitative estimate of drug-likeness (QED) is 0.258. The highest BCUT2D eigenvalue weighted by atomic mass is 16.3. The SMILES string of the molecule is Cc1ccc(-c2ccc3c(c2)c2cc4oc5ccc(C)cc5c4c4c5ccccc5n3c24)nc1. The number of pyridine rings is 1. The molecule has 3 heteroatoms. The van der Waals surface area contributed by atoms with Gasteiger partial charge in [-0.25, -0.2) is 0 Å². The van der Waals surface area contributed by atoms with E-state index < -0.39 is 0 Å². The van der Waals surface area contributed by atoms with Gasteiger partial charge in [0.15, 0.2) is 0 Å². The largest absolute Gasteiger partial charge is 0.456 e. The molecule has 0 saturated carbocycles. The van der Waals surface area contributed by atoms with E-state index in [0.29, 0.717) is 0 Å². The highest BCUT2D eigenvalue weighted by Crippen LogP contribution is 2.46. The van der Waals surface area contributed by atoms with Crippen LogP contribution in [0.5, 0.6) is 0 Å². The van der Waals surface area contributed by atoms with Crippen LogP contribution in [0.1, 0.15) is 11.1 Å². The zero-order valence-electron chi connectivity index (χ0n) is 18.9. The Balaban J connectivity index is 1.61. The average molecular weight is 437 g/mol. The van der Waals surface area contributed by atoms with Gasteiger partial charge in [0, 0.05) is 44.1 Å². The number of furan rings is 1. The van der Waals surface area contributed by atoms with Crippen molar-refractivity contribution >= 4 is 60.0 Å². The van der Waals surface area contributed by atoms with Crippen LogP contribution in [-0.4, -0.2) is 9.38 Å². The van der Waals surface area contributed by atoms with Crippen molar-refractivity contribution in [1.29, 1.82) is 0 Å². The molecule has 4 aromatic heterocycles. The first-order valence-corrected chi connectivity index (χ1v) is 11.6. The number of hydrogen-bond donors (Lipinski definition) is 0. The zero-order chi connectivity index (χ0) is 22.6. The van der Waals surface area contributed by atoms with E-state index >= 15 is 0 Å². The van der Waals surface area contributed by atoms with Crippen LogP contribution >= 0.6 is 0 Å². The smallest absolute Gasteiger partial charge is 0.136 e. The third-order valence-electron chi connectivity index (χ3n) is 7.26. The molecule has 0 radical (unpaired) electrons. The maximum atomic E-state index is 6.42. The van der Waals surface area contributed by atoms with Crippen LogP contribution < -0.4 is 0 Å². The molecule has 0 unspecified atom stereocenters. The molecule has 8 rings (SSSR count). The molecule has 0 fully saturated rings. The number of benzene rings is 4. The van der Waals surface area contributed by atoms with Crippen molar-refractivity contribution in [2.45, 2.75) is 13.8 Å². The number of nitrogens with zero attached hydrogens (tertiary/aromatic N) is 2. The zero-order valence-corrected chi connectivity index (χ0v) is 18.9. The van der Waals surface area contributed by atoms with Gasteiger partial charge in [-0.1, -0.05) is 42.0 Å². The molecule has 0 amide bonds. The Labute approximate surface area is 195 Å². The molecule has 0 atom stereocenters. The summed E-state index contributed by atoms with van der Waals surface area (Å²) in [6, 6.07) is 28.3. The van der Waals surface area contributed by atoms with Crippen molar-refractivity contribution in [1.82, 2.24) is 9.38 Å². The second-order valence-corrected chi connectivity index (χ2v) is 9.43. The molecular weight excluding hydrogens is 416 g/mol. The van der Waals surface area contributed by atoms with Crippen molar-refractivity contribution in [3.8, 4) is 11.3 Å². The fourth-order valence-corrected chi connectivity index (χ4v) is 5.74. The average Bonchev–Trinajstić information content (AvgIpc) is 3.49. The molecule has 0 spiro atoms. The number of para-hydroxylation sites is 1. The summed E-state index contributed by atoms with van der Waals surface area (Å²) in [5.41, 5.74) is 10.1. The van der Waals surface area contributed by atoms with Crippen molar-refractivity contribution < 1.29 is 4.42 Å². The van der Waals surface area contributed by atoms with Crippen molar-refractivity contribution in [3.63, 3.8) is 0 Å². The summed E-state index contributed by atoms with van der Waals surface area (Å²) in [7, 11) is 0. The van der Waals surface area contributed by atoms with E-state index in [1.807, 2.05) is 6.20 Å². The van der Waals surface area contributed by atoms with Gasteiger partial charge in [-0.05, 0) is 61.9 Å². The van der Waals surface area contributed by atoms with E-state index in [0.717, 1.165) is 22.4 Å². The van der Waals surface area contributed by atoms with Crippen LogP contribution in [-0.2, 0) is 0 Å². The second kappa shape index (κ2) is 6.15. The lowest BCUT2D eigenvalue weighted by atomic mass is 10.0. The third-order valence-corrected chi connectivity index (χ3v) is 7.26. The number of aromatic nitrogens is 2. The Bertz CT molecular complexity index is 2070. The monoisotopic (exact) mass is 436 g/mol. The Kier molecular flexibility index (Phi) is 3.27. The van der Waals surface area contributed by atoms with Gasteiger partial charge in [-0.3, -0.25) is 4.98 Å². The first kappa shape index (κ1) is 18.1. The Morgan fingerprint density at radius 1 is 0.647 bits per heavy atom. The summed E-state index contributed by atoms with van der Waals surface area (Å²) in [4.78, 5) is 4.67. The predicted molar refractivity (Wildman–Crippen MR) is 141 cm³/mol. The second-order valence-electron chi connectivity index (χ2n) is 9.43. The van der Waals surface area contributed by atoms with Crippen molar-refractivity contribution in [2.75, 3.05) is 0 Å². The van der Waals surface area contributed by atoms with Crippen LogP contribution in [0.15, 0.2) is 89.5 Å². The summed E-state index contributed by atoms with van der Waals surface area (Å²) >= 11 is 0. The highest BCUT2D eigenvalue weighted by molar-refractivity contribution is 6.34. The van der Waals surface area contributed by atoms with Gasteiger partial charge < -0.3 is 8.82 Å². The highest BCUT2D eigenvalue weighted by Gasteiger charge is 2.23. The number of hydrogen-bond acceptors (Lipinski definition) is 2. The van der Waals surface area contributed by atoms with Crippen LogP contribution in [0.25, 0.3) is 71.3 Å². The molecule has 8 aromatic rings. The molecule has 0 aliphatic carbocycles. The molecule has 0 aliphatic rings. The molecular formula is C31H20N2O. The maximum Gasteiger partial charge on any atom is 0.136 e. The predicted octanol–water partition coefficient (Wildman–Crippen LogP) is 8.41. The number of aryl methyl sites for hydroxylation is 2. The van der Waals surface area contributed by atoms with Gasteiger partial charge >= 0.3 is 0 Å². The fraction of sp³-hybridized carbons (Fsp3) is 0.0645. The first-order chi connectivity index (χ1) is 16.7. The topological polar surface area (TPSA) is 30.4 Å². The fourth-order valence-electron chi connectivity index (χ4n) is 5.74. The van der Waals surface area contributed by atoms with Gasteiger partial charge in [0.25, 0.3) is 0 Å². The van der Waals surface area contributed by atoms with E-state index in [2.05, 4.69) is 102 Å². The van der Waals surface area contributed by atoms with Crippen LogP contribution in [0, 0.1) is 13.8 Å². The number of rotatable bonds is 1. The lowest BCUT2D eigenvalue weighted by Crippen LogP contribution is -1.85. The Hall–Kier alpha value is -4.37. The van der Waals surface area contributed by atoms with Gasteiger partial charge in [0.05, 0.1) is 22.2 Å². The lowest BCUT2D eigenvalue weighted by molar-refractivity contribution is 0.669. The van der Waals surface area contributed by atoms with Gasteiger partial charge in [0.2, 0.25) is 0 Å². The molecule has 0 saturated heterocycles. The Morgan fingerprint density at radius 3 is 2.38 bits per heavy atom. The van der Waals surface area contributed by atoms with Crippen molar-refractivity contribution in [2.24, 2.45) is 0 Å². The van der Waals surface area contributed by atoms with E-state index in [4.69, 9.17) is 4.42 Å². The molecule has 4 heterocycles. The van der Waals surface area contributed by atoms with E-state index in [-0.39, 0.29) is 0 Å². The molecule has 0 bridgehead atoms. The minimum absolute atomic E-state index is 0.939. The molecule has 0 aliphatic heterocycles. The van der Waals surface area contributed by atoms with Gasteiger partial charge in [-0.2, -0.15) is 0 Å². The normalized spacial score (nSPS) is 12.4. The summed E-state index contributed by atoms with van der Waals surface area (Å²) < 4.78 is 8.85. The molecule has 3 nitrogen and oxygen atoms in total. The summed E-state index contributed by atoms with van der Waals surface area (Å²) in [5, 5.41) is 7.38. The minimum atomic E-state index is 0.939. The van der Waals surface area contributed by atoms with E-state index in [9.17, 15) is 0 Å².